The zero-order chi connectivity index (χ0) is 18.8. The highest BCUT2D eigenvalue weighted by Gasteiger charge is 2.12. The molecule has 0 spiro atoms. The van der Waals surface area contributed by atoms with Crippen molar-refractivity contribution in [3.05, 3.63) is 51.9 Å². The molecule has 1 N–H and O–H groups in total. The number of H-pyrrole nitrogens is 1. The van der Waals surface area contributed by atoms with Crippen molar-refractivity contribution in [2.75, 3.05) is 0 Å². The van der Waals surface area contributed by atoms with Crippen molar-refractivity contribution in [3.8, 4) is 17.2 Å². The van der Waals surface area contributed by atoms with Crippen LogP contribution >= 0.6 is 23.1 Å². The van der Waals surface area contributed by atoms with Crippen molar-refractivity contribution in [2.24, 2.45) is 0 Å². The monoisotopic (exact) mass is 408 g/mol. The van der Waals surface area contributed by atoms with Gasteiger partial charge in [-0.3, -0.25) is 4.79 Å². The molecule has 0 aliphatic rings. The average molecular weight is 408 g/mol. The summed E-state index contributed by atoms with van der Waals surface area (Å²) in [4.78, 5) is 19.1. The first-order valence-corrected chi connectivity index (χ1v) is 9.43. The van der Waals surface area contributed by atoms with Gasteiger partial charge in [0, 0.05) is 5.56 Å². The lowest BCUT2D eigenvalue weighted by atomic mass is 10.2. The van der Waals surface area contributed by atoms with E-state index in [-0.39, 0.29) is 17.2 Å². The summed E-state index contributed by atoms with van der Waals surface area (Å²) >= 11 is 2.56. The molecule has 0 aliphatic heterocycles. The van der Waals surface area contributed by atoms with E-state index in [1.165, 1.54) is 35.2 Å². The third-order valence-electron chi connectivity index (χ3n) is 3.43. The summed E-state index contributed by atoms with van der Waals surface area (Å²) in [6, 6.07) is 7.66. The number of hydrogen-bond donors (Lipinski definition) is 1. The minimum atomic E-state index is -2.88. The maximum absolute atomic E-state index is 12.2. The molecule has 0 amide bonds. The molecule has 11 heteroatoms. The topological polar surface area (TPSA) is 93.9 Å². The van der Waals surface area contributed by atoms with Crippen molar-refractivity contribution in [1.29, 1.82) is 0 Å². The number of rotatable bonds is 6. The molecule has 1 aromatic carbocycles. The molecule has 0 saturated heterocycles. The van der Waals surface area contributed by atoms with Crippen LogP contribution in [0.5, 0.6) is 5.75 Å². The molecule has 0 bridgehead atoms. The first-order valence-electron chi connectivity index (χ1n) is 7.56. The van der Waals surface area contributed by atoms with E-state index in [0.717, 1.165) is 0 Å². The van der Waals surface area contributed by atoms with Crippen LogP contribution in [0.15, 0.2) is 50.1 Å². The van der Waals surface area contributed by atoms with E-state index in [1.807, 2.05) is 5.38 Å². The fourth-order valence-corrected chi connectivity index (χ4v) is 3.64. The number of nitrogens with one attached hydrogen (secondary N) is 1. The van der Waals surface area contributed by atoms with Gasteiger partial charge in [0.25, 0.3) is 10.8 Å². The van der Waals surface area contributed by atoms with Gasteiger partial charge in [-0.15, -0.1) is 21.5 Å². The first-order chi connectivity index (χ1) is 13.1. The molecule has 3 aromatic heterocycles. The molecule has 0 saturated carbocycles. The van der Waals surface area contributed by atoms with Gasteiger partial charge in [-0.1, -0.05) is 11.8 Å². The number of fused-ring (bicyclic) bond motifs is 1. The standard InChI is InChI=1S/C16H10F2N4O3S2/c17-15(18)24-9-3-1-8(2-4-9)14-21-22-16(25-14)27-7-11-19-10-5-6-26-12(10)13(23)20-11/h1-6,15H,7H2,(H,19,20,23). The SMILES string of the molecule is O=c1[nH]c(CSc2nnc(-c3ccc(OC(F)F)cc3)o2)nc2ccsc12. The molecule has 0 radical (unpaired) electrons. The molecule has 27 heavy (non-hydrogen) atoms. The van der Waals surface area contributed by atoms with Gasteiger partial charge in [-0.05, 0) is 35.7 Å². The van der Waals surface area contributed by atoms with Gasteiger partial charge < -0.3 is 14.1 Å². The second-order valence-electron chi connectivity index (χ2n) is 5.21. The summed E-state index contributed by atoms with van der Waals surface area (Å²) in [6.45, 7) is -2.88. The fraction of sp³-hybridized carbons (Fsp3) is 0.125. The van der Waals surface area contributed by atoms with Gasteiger partial charge in [0.15, 0.2) is 0 Å². The summed E-state index contributed by atoms with van der Waals surface area (Å²) in [5.74, 6) is 1.14. The Balaban J connectivity index is 1.45. The lowest BCUT2D eigenvalue weighted by Crippen LogP contribution is -2.09. The summed E-state index contributed by atoms with van der Waals surface area (Å²) in [5.41, 5.74) is 1.04. The average Bonchev–Trinajstić information content (AvgIpc) is 3.30. The van der Waals surface area contributed by atoms with E-state index < -0.39 is 6.61 Å². The highest BCUT2D eigenvalue weighted by atomic mass is 32.2. The number of ether oxygens (including phenoxy) is 1. The number of thiophene rings is 1. The molecule has 0 fully saturated rings. The van der Waals surface area contributed by atoms with E-state index in [0.29, 0.717) is 32.6 Å². The molecule has 7 nitrogen and oxygen atoms in total. The Morgan fingerprint density at radius 1 is 1.22 bits per heavy atom. The van der Waals surface area contributed by atoms with Crippen LogP contribution in [0.2, 0.25) is 0 Å². The van der Waals surface area contributed by atoms with Gasteiger partial charge in [0.1, 0.15) is 16.3 Å². The van der Waals surface area contributed by atoms with Gasteiger partial charge in [0.05, 0.1) is 11.3 Å². The van der Waals surface area contributed by atoms with Gasteiger partial charge in [-0.2, -0.15) is 8.78 Å². The van der Waals surface area contributed by atoms with Crippen LogP contribution in [0.3, 0.4) is 0 Å². The number of nitrogens with zero attached hydrogens (tertiary/aromatic N) is 3. The molecule has 0 unspecified atom stereocenters. The highest BCUT2D eigenvalue weighted by Crippen LogP contribution is 2.27. The van der Waals surface area contributed by atoms with Crippen LogP contribution < -0.4 is 10.3 Å². The predicted molar refractivity (Wildman–Crippen MR) is 96.2 cm³/mol. The Bertz CT molecular complexity index is 1120. The Morgan fingerprint density at radius 3 is 2.81 bits per heavy atom. The molecule has 4 aromatic rings. The molecule has 0 aliphatic carbocycles. The number of thioether (sulfide) groups is 1. The van der Waals surface area contributed by atoms with Gasteiger partial charge in [-0.25, -0.2) is 4.98 Å². The van der Waals surface area contributed by atoms with Gasteiger partial charge in [0.2, 0.25) is 5.89 Å². The van der Waals surface area contributed by atoms with E-state index >= 15 is 0 Å². The maximum atomic E-state index is 12.2. The van der Waals surface area contributed by atoms with Crippen molar-refractivity contribution in [2.45, 2.75) is 17.6 Å². The number of alkyl halides is 2. The number of hydrogen-bond acceptors (Lipinski definition) is 8. The van der Waals surface area contributed by atoms with Crippen LogP contribution in [0.1, 0.15) is 5.82 Å². The molecule has 4 rings (SSSR count). The van der Waals surface area contributed by atoms with Gasteiger partial charge >= 0.3 is 6.61 Å². The van der Waals surface area contributed by atoms with Crippen LogP contribution in [0.4, 0.5) is 8.78 Å². The second-order valence-corrected chi connectivity index (χ2v) is 7.05. The molecule has 3 heterocycles. The highest BCUT2D eigenvalue weighted by molar-refractivity contribution is 7.98. The first kappa shape index (κ1) is 17.6. The van der Waals surface area contributed by atoms with Crippen LogP contribution in [0.25, 0.3) is 21.7 Å². The lowest BCUT2D eigenvalue weighted by Gasteiger charge is -2.03. The van der Waals surface area contributed by atoms with Crippen molar-refractivity contribution in [3.63, 3.8) is 0 Å². The van der Waals surface area contributed by atoms with Crippen LogP contribution in [-0.2, 0) is 5.75 Å². The zero-order valence-electron chi connectivity index (χ0n) is 13.4. The van der Waals surface area contributed by atoms with E-state index in [9.17, 15) is 13.6 Å². The van der Waals surface area contributed by atoms with E-state index in [1.54, 1.807) is 18.2 Å². The Hall–Kier alpha value is -2.79. The largest absolute Gasteiger partial charge is 0.435 e. The molecule has 138 valence electrons. The number of aromatic amines is 1. The summed E-state index contributed by atoms with van der Waals surface area (Å²) < 4.78 is 34.8. The van der Waals surface area contributed by atoms with E-state index in [4.69, 9.17) is 4.42 Å². The Morgan fingerprint density at radius 2 is 2.04 bits per heavy atom. The smallest absolute Gasteiger partial charge is 0.387 e. The quantitative estimate of drug-likeness (QED) is 0.483. The summed E-state index contributed by atoms with van der Waals surface area (Å²) in [7, 11) is 0. The molecule has 0 atom stereocenters. The van der Waals surface area contributed by atoms with Crippen LogP contribution in [0, 0.1) is 0 Å². The molecular weight excluding hydrogens is 398 g/mol. The summed E-state index contributed by atoms with van der Waals surface area (Å²) in [5, 5.41) is 9.97. The second kappa shape index (κ2) is 7.45. The Labute approximate surface area is 158 Å². The third-order valence-corrected chi connectivity index (χ3v) is 5.16. The third kappa shape index (κ3) is 3.98. The fourth-order valence-electron chi connectivity index (χ4n) is 2.28. The number of aromatic nitrogens is 4. The minimum absolute atomic E-state index is 0.0433. The Kier molecular flexibility index (Phi) is 4.86. The number of benzene rings is 1. The predicted octanol–water partition coefficient (Wildman–Crippen LogP) is 3.93. The zero-order valence-corrected chi connectivity index (χ0v) is 15.0. The maximum Gasteiger partial charge on any atom is 0.387 e. The lowest BCUT2D eigenvalue weighted by molar-refractivity contribution is -0.0498. The van der Waals surface area contributed by atoms with E-state index in [2.05, 4.69) is 24.9 Å². The van der Waals surface area contributed by atoms with Crippen molar-refractivity contribution in [1.82, 2.24) is 20.2 Å². The van der Waals surface area contributed by atoms with Crippen molar-refractivity contribution >= 4 is 33.3 Å². The minimum Gasteiger partial charge on any atom is -0.435 e. The van der Waals surface area contributed by atoms with Crippen LogP contribution in [-0.4, -0.2) is 26.8 Å². The molecular formula is C16H10F2N4O3S2. The van der Waals surface area contributed by atoms with Crippen molar-refractivity contribution < 1.29 is 17.9 Å². The normalized spacial score (nSPS) is 11.4. The summed E-state index contributed by atoms with van der Waals surface area (Å²) in [6.07, 6.45) is 0. The number of halogens is 2.